The lowest BCUT2D eigenvalue weighted by molar-refractivity contribution is 0.124. The molecule has 11 heavy (non-hydrogen) atoms. The Balaban J connectivity index is 2.66. The van der Waals surface area contributed by atoms with Crippen molar-refractivity contribution in [2.24, 2.45) is 5.90 Å². The third-order valence-corrected chi connectivity index (χ3v) is 1.49. The maximum absolute atomic E-state index is 4.92. The summed E-state index contributed by atoms with van der Waals surface area (Å²) in [5.74, 6) is 4.92. The van der Waals surface area contributed by atoms with Crippen molar-refractivity contribution in [1.29, 1.82) is 0 Å². The molecule has 0 bridgehead atoms. The second kappa shape index (κ2) is 3.95. The van der Waals surface area contributed by atoms with Crippen molar-refractivity contribution in [2.75, 3.05) is 12.4 Å². The molecule has 0 atom stereocenters. The highest BCUT2D eigenvalue weighted by atomic mass is 16.6. The molecular weight excluding hydrogens is 140 g/mol. The number of hydrogen-bond donors (Lipinski definition) is 2. The number of anilines is 1. The van der Waals surface area contributed by atoms with Gasteiger partial charge in [0.1, 0.15) is 0 Å². The number of rotatable bonds is 3. The van der Waals surface area contributed by atoms with Crippen LogP contribution in [0.4, 0.5) is 5.69 Å². The molecule has 0 radical (unpaired) electrons. The zero-order chi connectivity index (χ0) is 8.10. The van der Waals surface area contributed by atoms with Gasteiger partial charge in [-0.15, -0.1) is 0 Å². The average Bonchev–Trinajstić information content (AvgIpc) is 2.07. The summed E-state index contributed by atoms with van der Waals surface area (Å²) in [5, 5.41) is 3.02. The van der Waals surface area contributed by atoms with E-state index in [2.05, 4.69) is 10.2 Å². The first-order valence-corrected chi connectivity index (χ1v) is 3.45. The number of nitrogens with two attached hydrogens (primary N) is 1. The van der Waals surface area contributed by atoms with Crippen molar-refractivity contribution in [3.05, 3.63) is 29.8 Å². The van der Waals surface area contributed by atoms with Crippen molar-refractivity contribution in [3.8, 4) is 0 Å². The minimum Gasteiger partial charge on any atom is -0.388 e. The van der Waals surface area contributed by atoms with Crippen molar-refractivity contribution >= 4 is 5.69 Å². The van der Waals surface area contributed by atoms with E-state index in [9.17, 15) is 0 Å². The average molecular weight is 152 g/mol. The molecule has 0 heterocycles. The topological polar surface area (TPSA) is 47.3 Å². The third-order valence-electron chi connectivity index (χ3n) is 1.49. The second-order valence-electron chi connectivity index (χ2n) is 2.26. The first kappa shape index (κ1) is 8.04. The number of hydrogen-bond acceptors (Lipinski definition) is 3. The largest absolute Gasteiger partial charge is 0.388 e. The van der Waals surface area contributed by atoms with Crippen LogP contribution in [0.5, 0.6) is 0 Å². The van der Waals surface area contributed by atoms with Crippen LogP contribution in [-0.2, 0) is 11.4 Å². The Hall–Kier alpha value is -1.06. The SMILES string of the molecule is CNc1ccc(CON)cc1. The van der Waals surface area contributed by atoms with E-state index < -0.39 is 0 Å². The highest BCUT2D eigenvalue weighted by Crippen LogP contribution is 2.08. The predicted octanol–water partition coefficient (Wildman–Crippen LogP) is 1.12. The van der Waals surface area contributed by atoms with E-state index in [-0.39, 0.29) is 0 Å². The molecule has 60 valence electrons. The molecule has 1 aromatic rings. The van der Waals surface area contributed by atoms with E-state index in [0.717, 1.165) is 11.3 Å². The van der Waals surface area contributed by atoms with Crippen LogP contribution in [0.15, 0.2) is 24.3 Å². The summed E-state index contributed by atoms with van der Waals surface area (Å²) in [6.45, 7) is 0.462. The standard InChI is InChI=1S/C8H12N2O/c1-10-8-4-2-7(3-5-8)6-11-9/h2-5,10H,6,9H2,1H3. The summed E-state index contributed by atoms with van der Waals surface area (Å²) < 4.78 is 0. The minimum atomic E-state index is 0.462. The smallest absolute Gasteiger partial charge is 0.0930 e. The van der Waals surface area contributed by atoms with Crippen LogP contribution in [0.25, 0.3) is 0 Å². The predicted molar refractivity (Wildman–Crippen MR) is 45.0 cm³/mol. The molecule has 1 rings (SSSR count). The Morgan fingerprint density at radius 1 is 1.36 bits per heavy atom. The molecule has 1 aromatic carbocycles. The van der Waals surface area contributed by atoms with Gasteiger partial charge < -0.3 is 5.32 Å². The van der Waals surface area contributed by atoms with Gasteiger partial charge in [0.2, 0.25) is 0 Å². The third kappa shape index (κ3) is 2.22. The summed E-state index contributed by atoms with van der Waals surface area (Å²) in [7, 11) is 1.88. The number of benzene rings is 1. The van der Waals surface area contributed by atoms with Gasteiger partial charge in [-0.1, -0.05) is 12.1 Å². The van der Waals surface area contributed by atoms with Crippen LogP contribution >= 0.6 is 0 Å². The van der Waals surface area contributed by atoms with E-state index in [1.54, 1.807) is 0 Å². The summed E-state index contributed by atoms with van der Waals surface area (Å²) in [6.07, 6.45) is 0. The fraction of sp³-hybridized carbons (Fsp3) is 0.250. The molecule has 0 saturated heterocycles. The lowest BCUT2D eigenvalue weighted by Gasteiger charge is -2.01. The quantitative estimate of drug-likeness (QED) is 0.638. The highest BCUT2D eigenvalue weighted by molar-refractivity contribution is 5.43. The van der Waals surface area contributed by atoms with Crippen LogP contribution in [0.3, 0.4) is 0 Å². The van der Waals surface area contributed by atoms with Crippen molar-refractivity contribution in [1.82, 2.24) is 0 Å². The molecule has 0 fully saturated rings. The Morgan fingerprint density at radius 3 is 2.45 bits per heavy atom. The Bertz CT molecular complexity index is 208. The molecule has 0 amide bonds. The lowest BCUT2D eigenvalue weighted by Crippen LogP contribution is -1.98. The summed E-state index contributed by atoms with van der Waals surface area (Å²) in [6, 6.07) is 7.90. The van der Waals surface area contributed by atoms with Gasteiger partial charge in [-0.25, -0.2) is 5.90 Å². The molecule has 0 saturated carbocycles. The van der Waals surface area contributed by atoms with E-state index >= 15 is 0 Å². The maximum Gasteiger partial charge on any atom is 0.0930 e. The van der Waals surface area contributed by atoms with Crippen LogP contribution < -0.4 is 11.2 Å². The van der Waals surface area contributed by atoms with Crippen molar-refractivity contribution < 1.29 is 4.84 Å². The van der Waals surface area contributed by atoms with E-state index in [1.807, 2.05) is 31.3 Å². The molecule has 3 heteroatoms. The van der Waals surface area contributed by atoms with Crippen LogP contribution in [0.2, 0.25) is 0 Å². The normalized spacial score (nSPS) is 9.64. The summed E-state index contributed by atoms with van der Waals surface area (Å²) >= 11 is 0. The fourth-order valence-electron chi connectivity index (χ4n) is 0.864. The molecule has 0 unspecified atom stereocenters. The summed E-state index contributed by atoms with van der Waals surface area (Å²) in [4.78, 5) is 4.48. The monoisotopic (exact) mass is 152 g/mol. The zero-order valence-corrected chi connectivity index (χ0v) is 6.50. The molecule has 0 aliphatic heterocycles. The Morgan fingerprint density at radius 2 is 2.00 bits per heavy atom. The first-order chi connectivity index (χ1) is 5.36. The molecule has 3 N–H and O–H groups in total. The Labute approximate surface area is 66.1 Å². The van der Waals surface area contributed by atoms with Gasteiger partial charge in [0, 0.05) is 12.7 Å². The maximum atomic E-state index is 4.92. The second-order valence-corrected chi connectivity index (χ2v) is 2.26. The van der Waals surface area contributed by atoms with E-state index in [0.29, 0.717) is 6.61 Å². The van der Waals surface area contributed by atoms with E-state index in [4.69, 9.17) is 5.90 Å². The molecule has 0 spiro atoms. The molecule has 0 aliphatic carbocycles. The summed E-state index contributed by atoms with van der Waals surface area (Å²) in [5.41, 5.74) is 2.16. The van der Waals surface area contributed by atoms with Gasteiger partial charge in [0.25, 0.3) is 0 Å². The van der Waals surface area contributed by atoms with Gasteiger partial charge in [0.15, 0.2) is 0 Å². The van der Waals surface area contributed by atoms with Crippen LogP contribution in [0.1, 0.15) is 5.56 Å². The fourth-order valence-corrected chi connectivity index (χ4v) is 0.864. The van der Waals surface area contributed by atoms with Crippen molar-refractivity contribution in [2.45, 2.75) is 6.61 Å². The van der Waals surface area contributed by atoms with Crippen LogP contribution in [-0.4, -0.2) is 7.05 Å². The molecular formula is C8H12N2O. The van der Waals surface area contributed by atoms with Gasteiger partial charge in [-0.05, 0) is 17.7 Å². The van der Waals surface area contributed by atoms with Gasteiger partial charge in [-0.3, -0.25) is 4.84 Å². The lowest BCUT2D eigenvalue weighted by atomic mass is 10.2. The molecule has 3 nitrogen and oxygen atoms in total. The first-order valence-electron chi connectivity index (χ1n) is 3.45. The van der Waals surface area contributed by atoms with Gasteiger partial charge in [0.05, 0.1) is 6.61 Å². The molecule has 0 aromatic heterocycles. The van der Waals surface area contributed by atoms with Gasteiger partial charge >= 0.3 is 0 Å². The van der Waals surface area contributed by atoms with E-state index in [1.165, 1.54) is 0 Å². The highest BCUT2D eigenvalue weighted by Gasteiger charge is 1.90. The number of nitrogens with one attached hydrogen (secondary N) is 1. The zero-order valence-electron chi connectivity index (χ0n) is 6.50. The van der Waals surface area contributed by atoms with Crippen LogP contribution in [0, 0.1) is 0 Å². The van der Waals surface area contributed by atoms with Gasteiger partial charge in [-0.2, -0.15) is 0 Å². The minimum absolute atomic E-state index is 0.462. The molecule has 0 aliphatic rings. The Kier molecular flexibility index (Phi) is 2.89. The van der Waals surface area contributed by atoms with Crippen molar-refractivity contribution in [3.63, 3.8) is 0 Å².